The van der Waals surface area contributed by atoms with E-state index in [0.29, 0.717) is 35.5 Å². The summed E-state index contributed by atoms with van der Waals surface area (Å²) in [5.41, 5.74) is 2.36. The SMILES string of the molecule is CC1=C[C@@H](CN2CCN(CCO)CC2)[C@H](C(C)C)C[C@H]1Cc1nnc(-c2ccc([NH+]([O-])O)cc2)o1. The molecule has 4 atom stereocenters. The molecule has 1 aromatic carbocycles. The van der Waals surface area contributed by atoms with Crippen LogP contribution in [-0.4, -0.2) is 76.2 Å². The Morgan fingerprint density at radius 3 is 2.43 bits per heavy atom. The number of β-amino-alcohol motifs (C(OH)–C–C–N with tert-alkyl or cyclic N) is 1. The lowest BCUT2D eigenvalue weighted by Crippen LogP contribution is -2.99. The van der Waals surface area contributed by atoms with E-state index in [1.54, 1.807) is 24.3 Å². The second-order valence-electron chi connectivity index (χ2n) is 10.4. The van der Waals surface area contributed by atoms with E-state index in [2.05, 4.69) is 46.8 Å². The molecule has 4 rings (SSSR count). The lowest BCUT2D eigenvalue weighted by atomic mass is 9.69. The summed E-state index contributed by atoms with van der Waals surface area (Å²) in [6.45, 7) is 13.2. The van der Waals surface area contributed by atoms with Crippen LogP contribution in [0.5, 0.6) is 0 Å². The Labute approximate surface area is 207 Å². The van der Waals surface area contributed by atoms with E-state index in [1.165, 1.54) is 5.57 Å². The monoisotopic (exact) mass is 485 g/mol. The van der Waals surface area contributed by atoms with Crippen molar-refractivity contribution in [2.24, 2.45) is 23.7 Å². The number of benzene rings is 1. The molecular formula is C26H39N5O4. The van der Waals surface area contributed by atoms with Crippen LogP contribution in [0.2, 0.25) is 0 Å². The van der Waals surface area contributed by atoms with Crippen molar-refractivity contribution in [3.63, 3.8) is 0 Å². The van der Waals surface area contributed by atoms with Gasteiger partial charge in [0, 0.05) is 63.4 Å². The number of aromatic nitrogens is 2. The third kappa shape index (κ3) is 6.55. The number of hydrogen-bond acceptors (Lipinski definition) is 8. The summed E-state index contributed by atoms with van der Waals surface area (Å²) in [4.78, 5) is 4.92. The maximum atomic E-state index is 11.1. The van der Waals surface area contributed by atoms with Gasteiger partial charge in [-0.15, -0.1) is 10.2 Å². The summed E-state index contributed by atoms with van der Waals surface area (Å²) < 4.78 is 5.97. The van der Waals surface area contributed by atoms with E-state index < -0.39 is 5.23 Å². The Morgan fingerprint density at radius 2 is 1.80 bits per heavy atom. The molecule has 2 aromatic rings. The molecule has 9 nitrogen and oxygen atoms in total. The van der Waals surface area contributed by atoms with Crippen LogP contribution in [0.25, 0.3) is 11.5 Å². The van der Waals surface area contributed by atoms with Crippen LogP contribution in [0, 0.1) is 28.9 Å². The molecule has 1 unspecified atom stereocenters. The fraction of sp³-hybridized carbons (Fsp3) is 0.615. The fourth-order valence-electron chi connectivity index (χ4n) is 5.54. The van der Waals surface area contributed by atoms with Gasteiger partial charge < -0.3 is 19.6 Å². The van der Waals surface area contributed by atoms with Gasteiger partial charge >= 0.3 is 0 Å². The predicted octanol–water partition coefficient (Wildman–Crippen LogP) is 2.15. The summed E-state index contributed by atoms with van der Waals surface area (Å²) in [7, 11) is 0. The summed E-state index contributed by atoms with van der Waals surface area (Å²) in [5.74, 6) is 3.16. The minimum Gasteiger partial charge on any atom is -0.595 e. The number of aliphatic hydroxyl groups is 1. The Kier molecular flexibility index (Phi) is 8.69. The average Bonchev–Trinajstić information content (AvgIpc) is 3.30. The standard InChI is InChI=1S/C26H39N5O4/c1-18(2)24-15-21(19(3)14-22(24)17-30-10-8-29(9-11-30)12-13-32)16-25-27-28-26(35-25)20-4-6-23(7-5-20)31(33)34/h4-7,14,18,21-22,24,31-33H,8-13,15-17H2,1-3H3/t21-,22-,24-/m0/s1. The highest BCUT2D eigenvalue weighted by atomic mass is 16.8. The molecule has 0 radical (unpaired) electrons. The highest BCUT2D eigenvalue weighted by Crippen LogP contribution is 2.39. The topological polar surface area (TPSA) is 113 Å². The third-order valence-electron chi connectivity index (χ3n) is 7.70. The summed E-state index contributed by atoms with van der Waals surface area (Å²) in [6.07, 6.45) is 4.32. The highest BCUT2D eigenvalue weighted by molar-refractivity contribution is 5.55. The minimum absolute atomic E-state index is 0.234. The first-order valence-electron chi connectivity index (χ1n) is 12.7. The number of quaternary nitrogens is 1. The molecule has 3 N–H and O–H groups in total. The number of aliphatic hydroxyl groups excluding tert-OH is 1. The molecule has 2 heterocycles. The lowest BCUT2D eigenvalue weighted by molar-refractivity contribution is -0.991. The van der Waals surface area contributed by atoms with Crippen molar-refractivity contribution in [1.82, 2.24) is 20.0 Å². The normalized spacial score (nSPS) is 25.1. The molecule has 2 aliphatic rings. The Hall–Kier alpha value is -2.14. The molecule has 192 valence electrons. The largest absolute Gasteiger partial charge is 0.595 e. The van der Waals surface area contributed by atoms with Crippen molar-refractivity contribution in [2.75, 3.05) is 45.9 Å². The van der Waals surface area contributed by atoms with Crippen LogP contribution in [0.3, 0.4) is 0 Å². The second-order valence-corrected chi connectivity index (χ2v) is 10.4. The molecule has 1 aliphatic carbocycles. The lowest BCUT2D eigenvalue weighted by Gasteiger charge is -2.41. The van der Waals surface area contributed by atoms with Crippen molar-refractivity contribution in [3.8, 4) is 11.5 Å². The van der Waals surface area contributed by atoms with Gasteiger partial charge in [0.2, 0.25) is 11.8 Å². The quantitative estimate of drug-likeness (QED) is 0.366. The zero-order valence-corrected chi connectivity index (χ0v) is 21.1. The van der Waals surface area contributed by atoms with E-state index >= 15 is 0 Å². The van der Waals surface area contributed by atoms with Gasteiger partial charge in [0.25, 0.3) is 0 Å². The van der Waals surface area contributed by atoms with Gasteiger partial charge in [-0.3, -0.25) is 4.90 Å². The first-order valence-corrected chi connectivity index (χ1v) is 12.7. The van der Waals surface area contributed by atoms with Crippen molar-refractivity contribution >= 4 is 5.69 Å². The van der Waals surface area contributed by atoms with Gasteiger partial charge in [0.05, 0.1) is 6.61 Å². The number of allylic oxidation sites excluding steroid dienone is 1. The Morgan fingerprint density at radius 1 is 1.11 bits per heavy atom. The van der Waals surface area contributed by atoms with Gasteiger partial charge in [-0.05, 0) is 49.1 Å². The minimum atomic E-state index is -0.954. The van der Waals surface area contributed by atoms with E-state index in [0.717, 1.165) is 57.7 Å². The molecule has 9 heteroatoms. The van der Waals surface area contributed by atoms with Gasteiger partial charge in [-0.1, -0.05) is 25.5 Å². The van der Waals surface area contributed by atoms with E-state index in [-0.39, 0.29) is 12.3 Å². The fourth-order valence-corrected chi connectivity index (χ4v) is 5.54. The molecule has 0 spiro atoms. The molecule has 0 bridgehead atoms. The third-order valence-corrected chi connectivity index (χ3v) is 7.70. The molecular weight excluding hydrogens is 446 g/mol. The maximum Gasteiger partial charge on any atom is 0.247 e. The Bertz CT molecular complexity index is 966. The highest BCUT2D eigenvalue weighted by Gasteiger charge is 2.34. The van der Waals surface area contributed by atoms with Crippen molar-refractivity contribution in [1.29, 1.82) is 0 Å². The van der Waals surface area contributed by atoms with Crippen LogP contribution in [0.4, 0.5) is 5.69 Å². The Balaban J connectivity index is 1.39. The molecule has 1 fully saturated rings. The number of nitrogens with zero attached hydrogens (tertiary/aromatic N) is 4. The van der Waals surface area contributed by atoms with Crippen LogP contribution in [-0.2, 0) is 6.42 Å². The average molecular weight is 486 g/mol. The van der Waals surface area contributed by atoms with Crippen molar-refractivity contribution in [2.45, 2.75) is 33.6 Å². The summed E-state index contributed by atoms with van der Waals surface area (Å²) in [6, 6.07) is 6.51. The van der Waals surface area contributed by atoms with Crippen molar-refractivity contribution < 1.29 is 20.0 Å². The predicted molar refractivity (Wildman–Crippen MR) is 133 cm³/mol. The number of nitrogens with one attached hydrogen (secondary N) is 1. The second kappa shape index (κ2) is 11.7. The summed E-state index contributed by atoms with van der Waals surface area (Å²) >= 11 is 0. The molecule has 0 saturated carbocycles. The molecule has 35 heavy (non-hydrogen) atoms. The van der Waals surface area contributed by atoms with Gasteiger partial charge in [0.15, 0.2) is 5.69 Å². The first-order chi connectivity index (χ1) is 16.8. The zero-order valence-electron chi connectivity index (χ0n) is 21.1. The van der Waals surface area contributed by atoms with Crippen molar-refractivity contribution in [3.05, 3.63) is 47.0 Å². The number of piperazine rings is 1. The smallest absolute Gasteiger partial charge is 0.247 e. The molecule has 0 amide bonds. The zero-order chi connectivity index (χ0) is 24.9. The molecule has 1 saturated heterocycles. The van der Waals surface area contributed by atoms with E-state index in [1.807, 2.05) is 0 Å². The number of hydrogen-bond donors (Lipinski definition) is 3. The van der Waals surface area contributed by atoms with Crippen LogP contribution in [0.15, 0.2) is 40.3 Å². The van der Waals surface area contributed by atoms with Gasteiger partial charge in [-0.2, -0.15) is 5.23 Å². The number of rotatable bonds is 9. The van der Waals surface area contributed by atoms with E-state index in [9.17, 15) is 10.3 Å². The van der Waals surface area contributed by atoms with Crippen LogP contribution in [0.1, 0.15) is 33.1 Å². The summed E-state index contributed by atoms with van der Waals surface area (Å²) in [5, 5.41) is 36.9. The van der Waals surface area contributed by atoms with Gasteiger partial charge in [-0.25, -0.2) is 5.21 Å². The van der Waals surface area contributed by atoms with Crippen LogP contribution < -0.4 is 5.23 Å². The van der Waals surface area contributed by atoms with Crippen LogP contribution >= 0.6 is 0 Å². The van der Waals surface area contributed by atoms with E-state index in [4.69, 9.17) is 9.62 Å². The molecule has 1 aromatic heterocycles. The maximum absolute atomic E-state index is 11.1. The van der Waals surface area contributed by atoms with Gasteiger partial charge in [0.1, 0.15) is 0 Å². The molecule has 1 aliphatic heterocycles. The first kappa shape index (κ1) is 25.9.